The van der Waals surface area contributed by atoms with Crippen molar-refractivity contribution in [2.45, 2.75) is 19.1 Å². The highest BCUT2D eigenvalue weighted by Crippen LogP contribution is 2.25. The maximum atomic E-state index is 6.07. The summed E-state index contributed by atoms with van der Waals surface area (Å²) in [7, 11) is 4.12. The highest BCUT2D eigenvalue weighted by atomic mass is 16.5. The van der Waals surface area contributed by atoms with Gasteiger partial charge in [-0.3, -0.25) is 0 Å². The normalized spacial score (nSPS) is 14.1. The van der Waals surface area contributed by atoms with Gasteiger partial charge in [-0.05, 0) is 32.6 Å². The van der Waals surface area contributed by atoms with Gasteiger partial charge >= 0.3 is 0 Å². The molecule has 19 heavy (non-hydrogen) atoms. The summed E-state index contributed by atoms with van der Waals surface area (Å²) in [6, 6.07) is 16.2. The zero-order valence-electron chi connectivity index (χ0n) is 11.7. The monoisotopic (exact) mass is 256 g/mol. The summed E-state index contributed by atoms with van der Waals surface area (Å²) in [6.07, 6.45) is 1.71. The van der Waals surface area contributed by atoms with E-state index in [-0.39, 0.29) is 12.1 Å². The predicted molar refractivity (Wildman–Crippen MR) is 77.2 cm³/mol. The van der Waals surface area contributed by atoms with Gasteiger partial charge in [0.1, 0.15) is 6.10 Å². The summed E-state index contributed by atoms with van der Waals surface area (Å²) < 4.78 is 6.07. The third-order valence-electron chi connectivity index (χ3n) is 3.27. The number of hydrogen-bond acceptors (Lipinski definition) is 3. The number of nitrogens with zero attached hydrogens (tertiary/aromatic N) is 2. The summed E-state index contributed by atoms with van der Waals surface area (Å²) in [6.45, 7) is 2.15. The first-order valence-corrected chi connectivity index (χ1v) is 6.47. The standard InChI is InChI=1S/C16H20N2O/c1-13(18(2)3)16(14-9-5-4-6-10-14)19-15-11-7-8-12-17-15/h4-13,16H,1-3H3/t13-,16-/m1/s1. The average Bonchev–Trinajstić information content (AvgIpc) is 2.46. The van der Waals surface area contributed by atoms with Crippen molar-refractivity contribution in [3.63, 3.8) is 0 Å². The number of ether oxygens (including phenoxy) is 1. The molecule has 0 saturated heterocycles. The minimum atomic E-state index is -0.0360. The van der Waals surface area contributed by atoms with Crippen molar-refractivity contribution in [3.8, 4) is 5.88 Å². The molecule has 0 aliphatic rings. The minimum Gasteiger partial charge on any atom is -0.468 e. The van der Waals surface area contributed by atoms with Gasteiger partial charge in [-0.25, -0.2) is 4.98 Å². The van der Waals surface area contributed by atoms with Crippen LogP contribution in [0.25, 0.3) is 0 Å². The molecule has 1 aromatic carbocycles. The minimum absolute atomic E-state index is 0.0360. The fourth-order valence-corrected chi connectivity index (χ4v) is 1.91. The second-order valence-corrected chi connectivity index (χ2v) is 4.82. The van der Waals surface area contributed by atoms with Gasteiger partial charge in [0, 0.05) is 18.3 Å². The molecular weight excluding hydrogens is 236 g/mol. The second-order valence-electron chi connectivity index (χ2n) is 4.82. The average molecular weight is 256 g/mol. The van der Waals surface area contributed by atoms with Crippen LogP contribution in [0.5, 0.6) is 5.88 Å². The van der Waals surface area contributed by atoms with Crippen molar-refractivity contribution in [1.29, 1.82) is 0 Å². The van der Waals surface area contributed by atoms with E-state index in [0.717, 1.165) is 5.56 Å². The van der Waals surface area contributed by atoms with Crippen LogP contribution in [0.2, 0.25) is 0 Å². The molecule has 0 bridgehead atoms. The molecule has 0 N–H and O–H groups in total. The Morgan fingerprint density at radius 3 is 2.26 bits per heavy atom. The van der Waals surface area contributed by atoms with Crippen LogP contribution < -0.4 is 4.74 Å². The van der Waals surface area contributed by atoms with Crippen LogP contribution >= 0.6 is 0 Å². The van der Waals surface area contributed by atoms with Crippen LogP contribution in [-0.4, -0.2) is 30.0 Å². The van der Waals surface area contributed by atoms with Gasteiger partial charge in [-0.1, -0.05) is 36.4 Å². The lowest BCUT2D eigenvalue weighted by Crippen LogP contribution is -2.34. The van der Waals surface area contributed by atoms with Gasteiger partial charge in [0.05, 0.1) is 0 Å². The van der Waals surface area contributed by atoms with Crippen molar-refractivity contribution in [2.24, 2.45) is 0 Å². The van der Waals surface area contributed by atoms with Gasteiger partial charge < -0.3 is 9.64 Å². The Morgan fingerprint density at radius 2 is 1.68 bits per heavy atom. The van der Waals surface area contributed by atoms with Crippen molar-refractivity contribution in [1.82, 2.24) is 9.88 Å². The van der Waals surface area contributed by atoms with Crippen LogP contribution in [0.4, 0.5) is 0 Å². The molecule has 0 aliphatic heterocycles. The van der Waals surface area contributed by atoms with Crippen LogP contribution in [0.15, 0.2) is 54.7 Å². The molecule has 1 aromatic heterocycles. The second kappa shape index (κ2) is 6.34. The topological polar surface area (TPSA) is 25.4 Å². The van der Waals surface area contributed by atoms with Gasteiger partial charge in [-0.2, -0.15) is 0 Å². The lowest BCUT2D eigenvalue weighted by atomic mass is 10.0. The quantitative estimate of drug-likeness (QED) is 0.821. The first-order chi connectivity index (χ1) is 9.18. The van der Waals surface area contributed by atoms with Crippen molar-refractivity contribution in [2.75, 3.05) is 14.1 Å². The molecule has 1 heterocycles. The molecule has 0 aliphatic carbocycles. The molecule has 2 rings (SSSR count). The van der Waals surface area contributed by atoms with Gasteiger partial charge in [0.15, 0.2) is 0 Å². The van der Waals surface area contributed by atoms with E-state index in [2.05, 4.69) is 43.0 Å². The molecule has 0 radical (unpaired) electrons. The Labute approximate surface area is 114 Å². The number of hydrogen-bond donors (Lipinski definition) is 0. The van der Waals surface area contributed by atoms with Crippen molar-refractivity contribution < 1.29 is 4.74 Å². The Balaban J connectivity index is 2.25. The molecule has 100 valence electrons. The van der Waals surface area contributed by atoms with Crippen LogP contribution in [0.1, 0.15) is 18.6 Å². The highest BCUT2D eigenvalue weighted by Gasteiger charge is 2.23. The van der Waals surface area contributed by atoms with Crippen molar-refractivity contribution >= 4 is 0 Å². The number of likely N-dealkylation sites (N-methyl/N-ethyl adjacent to an activating group) is 1. The highest BCUT2D eigenvalue weighted by molar-refractivity contribution is 5.21. The van der Waals surface area contributed by atoms with Gasteiger partial charge in [0.25, 0.3) is 0 Å². The first-order valence-electron chi connectivity index (χ1n) is 6.47. The van der Waals surface area contributed by atoms with E-state index in [1.165, 1.54) is 0 Å². The van der Waals surface area contributed by atoms with E-state index in [0.29, 0.717) is 5.88 Å². The Kier molecular flexibility index (Phi) is 4.53. The number of rotatable bonds is 5. The maximum Gasteiger partial charge on any atom is 0.213 e. The molecule has 3 nitrogen and oxygen atoms in total. The van der Waals surface area contributed by atoms with Crippen molar-refractivity contribution in [3.05, 3.63) is 60.3 Å². The number of benzene rings is 1. The number of pyridine rings is 1. The zero-order chi connectivity index (χ0) is 13.7. The zero-order valence-corrected chi connectivity index (χ0v) is 11.7. The van der Waals surface area contributed by atoms with Gasteiger partial charge in [-0.15, -0.1) is 0 Å². The molecule has 0 spiro atoms. The molecule has 0 saturated carbocycles. The lowest BCUT2D eigenvalue weighted by molar-refractivity contribution is 0.103. The largest absolute Gasteiger partial charge is 0.468 e. The fraction of sp³-hybridized carbons (Fsp3) is 0.312. The van der Waals surface area contributed by atoms with E-state index in [1.807, 2.05) is 36.4 Å². The molecule has 0 fully saturated rings. The maximum absolute atomic E-state index is 6.07. The predicted octanol–water partition coefficient (Wildman–Crippen LogP) is 3.15. The lowest BCUT2D eigenvalue weighted by Gasteiger charge is -2.29. The Bertz CT molecular complexity index is 485. The van der Waals surface area contributed by atoms with E-state index in [1.54, 1.807) is 6.20 Å². The fourth-order valence-electron chi connectivity index (χ4n) is 1.91. The van der Waals surface area contributed by atoms with E-state index < -0.39 is 0 Å². The molecular formula is C16H20N2O. The first kappa shape index (κ1) is 13.6. The van der Waals surface area contributed by atoms with E-state index in [4.69, 9.17) is 4.74 Å². The summed E-state index contributed by atoms with van der Waals surface area (Å²) in [5.74, 6) is 0.657. The van der Waals surface area contributed by atoms with E-state index in [9.17, 15) is 0 Å². The summed E-state index contributed by atoms with van der Waals surface area (Å²) in [5, 5.41) is 0. The third-order valence-corrected chi connectivity index (χ3v) is 3.27. The molecule has 2 atom stereocenters. The molecule has 3 heteroatoms. The molecule has 0 unspecified atom stereocenters. The smallest absolute Gasteiger partial charge is 0.213 e. The van der Waals surface area contributed by atoms with Gasteiger partial charge in [0.2, 0.25) is 5.88 Å². The summed E-state index contributed by atoms with van der Waals surface area (Å²) >= 11 is 0. The molecule has 2 aromatic rings. The van der Waals surface area contributed by atoms with E-state index >= 15 is 0 Å². The van der Waals surface area contributed by atoms with Crippen LogP contribution in [0, 0.1) is 0 Å². The Hall–Kier alpha value is -1.87. The summed E-state index contributed by atoms with van der Waals surface area (Å²) in [4.78, 5) is 6.40. The van der Waals surface area contributed by atoms with Crippen LogP contribution in [0.3, 0.4) is 0 Å². The number of aromatic nitrogens is 1. The third kappa shape index (κ3) is 3.55. The SMILES string of the molecule is C[C@H]([C@@H](Oc1ccccn1)c1ccccc1)N(C)C. The molecule has 0 amide bonds. The Morgan fingerprint density at radius 1 is 1.00 bits per heavy atom. The summed E-state index contributed by atoms with van der Waals surface area (Å²) in [5.41, 5.74) is 1.16. The van der Waals surface area contributed by atoms with Crippen LogP contribution in [-0.2, 0) is 0 Å².